The van der Waals surface area contributed by atoms with Crippen LogP contribution in [0, 0.1) is 0 Å². The Morgan fingerprint density at radius 1 is 1.06 bits per heavy atom. The maximum atomic E-state index is 11.5. The maximum absolute atomic E-state index is 11.5. The molecule has 48 heavy (non-hydrogen) atoms. The number of aliphatic hydroxyl groups excluding tert-OH is 1. The van der Waals surface area contributed by atoms with Gasteiger partial charge in [-0.05, 0) is 49.6 Å². The Kier molecular flexibility index (Phi) is 10.7. The zero-order valence-corrected chi connectivity index (χ0v) is 29.3. The number of carbonyl (C=O) groups excluding carboxylic acids is 1. The lowest BCUT2D eigenvalue weighted by Crippen LogP contribution is -2.35. The van der Waals surface area contributed by atoms with Gasteiger partial charge in [-0.2, -0.15) is 0 Å². The van der Waals surface area contributed by atoms with Crippen LogP contribution in [0.2, 0.25) is 15.1 Å². The van der Waals surface area contributed by atoms with Crippen molar-refractivity contribution in [1.29, 1.82) is 0 Å². The van der Waals surface area contributed by atoms with Crippen LogP contribution in [0.3, 0.4) is 0 Å². The van der Waals surface area contributed by atoms with Gasteiger partial charge in [0, 0.05) is 84.8 Å². The summed E-state index contributed by atoms with van der Waals surface area (Å²) < 4.78 is 11.5. The quantitative estimate of drug-likeness (QED) is 0.161. The SMILES string of the molecule is COc1cc(-c2nccc(-c3cccc(-c4cc(Cl)c(CNC[C@H]5CCC(=O)N5)c(OC)n4)c3Cl)c2Cl)cc2c1CN(CC(C)O)CC2. The van der Waals surface area contributed by atoms with E-state index >= 15 is 0 Å². The Bertz CT molecular complexity index is 1820. The molecule has 2 aromatic heterocycles. The van der Waals surface area contributed by atoms with Gasteiger partial charge in [-0.25, -0.2) is 4.98 Å². The van der Waals surface area contributed by atoms with E-state index < -0.39 is 6.10 Å². The first kappa shape index (κ1) is 34.4. The highest BCUT2D eigenvalue weighted by Crippen LogP contribution is 2.43. The number of methoxy groups -OCH3 is 2. The van der Waals surface area contributed by atoms with E-state index in [9.17, 15) is 9.90 Å². The number of fused-ring (bicyclic) bond motifs is 1. The predicted molar refractivity (Wildman–Crippen MR) is 190 cm³/mol. The molecule has 1 fully saturated rings. The number of β-amino-alcohol motifs (C(OH)–C–C–N with tert-alkyl or cyclic N) is 1. The van der Waals surface area contributed by atoms with E-state index in [0.29, 0.717) is 70.5 Å². The van der Waals surface area contributed by atoms with Crippen LogP contribution in [-0.2, 0) is 24.3 Å². The third-order valence-corrected chi connectivity index (χ3v) is 9.98. The fourth-order valence-corrected chi connectivity index (χ4v) is 7.41. The van der Waals surface area contributed by atoms with Gasteiger partial charge < -0.3 is 25.2 Å². The number of nitrogens with one attached hydrogen (secondary N) is 2. The monoisotopic (exact) mass is 709 g/mol. The highest BCUT2D eigenvalue weighted by atomic mass is 35.5. The lowest BCUT2D eigenvalue weighted by Gasteiger charge is -2.31. The van der Waals surface area contributed by atoms with Crippen molar-refractivity contribution >= 4 is 40.7 Å². The van der Waals surface area contributed by atoms with Crippen molar-refractivity contribution in [2.45, 2.75) is 51.4 Å². The number of amides is 1. The van der Waals surface area contributed by atoms with Crippen LogP contribution in [0.5, 0.6) is 11.6 Å². The second-order valence-corrected chi connectivity index (χ2v) is 13.4. The van der Waals surface area contributed by atoms with Crippen LogP contribution in [0.25, 0.3) is 33.6 Å². The van der Waals surface area contributed by atoms with Crippen molar-refractivity contribution in [3.05, 3.63) is 80.4 Å². The molecule has 9 nitrogen and oxygen atoms in total. The van der Waals surface area contributed by atoms with E-state index in [-0.39, 0.29) is 11.9 Å². The highest BCUT2D eigenvalue weighted by molar-refractivity contribution is 6.39. The van der Waals surface area contributed by atoms with Gasteiger partial charge in [0.2, 0.25) is 11.8 Å². The molecule has 1 unspecified atom stereocenters. The molecule has 6 rings (SSSR count). The summed E-state index contributed by atoms with van der Waals surface area (Å²) in [5.41, 5.74) is 7.18. The van der Waals surface area contributed by atoms with Gasteiger partial charge in [-0.15, -0.1) is 0 Å². The van der Waals surface area contributed by atoms with Crippen LogP contribution >= 0.6 is 34.8 Å². The van der Waals surface area contributed by atoms with Crippen LogP contribution in [-0.4, -0.2) is 71.9 Å². The lowest BCUT2D eigenvalue weighted by molar-refractivity contribution is -0.119. The van der Waals surface area contributed by atoms with Crippen molar-refractivity contribution in [3.63, 3.8) is 0 Å². The summed E-state index contributed by atoms with van der Waals surface area (Å²) in [5, 5.41) is 17.6. The minimum Gasteiger partial charge on any atom is -0.496 e. The molecule has 0 saturated carbocycles. The number of hydrogen-bond donors (Lipinski definition) is 3. The average Bonchev–Trinajstić information content (AvgIpc) is 3.49. The zero-order valence-electron chi connectivity index (χ0n) is 27.1. The Hall–Kier alpha value is -3.44. The molecule has 4 heterocycles. The molecule has 2 aliphatic heterocycles. The van der Waals surface area contributed by atoms with Crippen LogP contribution in [0.15, 0.2) is 48.7 Å². The van der Waals surface area contributed by atoms with Crippen LogP contribution < -0.4 is 20.1 Å². The topological polar surface area (TPSA) is 109 Å². The Labute approximate surface area is 295 Å². The first-order valence-electron chi connectivity index (χ1n) is 15.9. The number of ether oxygens (including phenoxy) is 2. The Morgan fingerprint density at radius 2 is 1.85 bits per heavy atom. The fourth-order valence-electron chi connectivity index (χ4n) is 6.51. The summed E-state index contributed by atoms with van der Waals surface area (Å²) in [7, 11) is 3.22. The van der Waals surface area contributed by atoms with Gasteiger partial charge in [-0.1, -0.05) is 53.0 Å². The molecule has 1 amide bonds. The van der Waals surface area contributed by atoms with Gasteiger partial charge in [0.05, 0.1) is 46.8 Å². The molecule has 0 aliphatic carbocycles. The number of nitrogens with zero attached hydrogens (tertiary/aromatic N) is 3. The number of carbonyl (C=O) groups is 1. The number of rotatable bonds is 11. The molecule has 0 bridgehead atoms. The summed E-state index contributed by atoms with van der Waals surface area (Å²) in [6, 6.07) is 13.5. The molecule has 12 heteroatoms. The molecule has 3 N–H and O–H groups in total. The molecular formula is C36H38Cl3N5O4. The number of pyridine rings is 2. The normalized spacial score (nSPS) is 16.8. The molecule has 1 saturated heterocycles. The van der Waals surface area contributed by atoms with Gasteiger partial charge in [-0.3, -0.25) is 14.7 Å². The zero-order chi connectivity index (χ0) is 33.9. The maximum Gasteiger partial charge on any atom is 0.220 e. The number of aliphatic hydroxyl groups is 1. The molecule has 2 atom stereocenters. The van der Waals surface area contributed by atoms with Crippen molar-refractivity contribution in [2.24, 2.45) is 0 Å². The third kappa shape index (κ3) is 7.27. The lowest BCUT2D eigenvalue weighted by atomic mass is 9.93. The van der Waals surface area contributed by atoms with E-state index in [1.54, 1.807) is 33.4 Å². The van der Waals surface area contributed by atoms with Crippen molar-refractivity contribution < 1.29 is 19.4 Å². The molecule has 2 aliphatic rings. The third-order valence-electron chi connectivity index (χ3n) is 8.85. The fraction of sp³-hybridized carbons (Fsp3) is 0.361. The van der Waals surface area contributed by atoms with E-state index in [1.165, 1.54) is 5.56 Å². The molecule has 4 aromatic rings. The van der Waals surface area contributed by atoms with Crippen molar-refractivity contribution in [2.75, 3.05) is 33.9 Å². The molecule has 0 radical (unpaired) electrons. The van der Waals surface area contributed by atoms with Crippen molar-refractivity contribution in [1.82, 2.24) is 25.5 Å². The van der Waals surface area contributed by atoms with Gasteiger partial charge in [0.15, 0.2) is 0 Å². The number of aromatic nitrogens is 2. The number of halogens is 3. The van der Waals surface area contributed by atoms with E-state index in [2.05, 4.69) is 26.6 Å². The second-order valence-electron chi connectivity index (χ2n) is 12.2. The first-order chi connectivity index (χ1) is 23.2. The molecule has 0 spiro atoms. The van der Waals surface area contributed by atoms with Gasteiger partial charge in [0.25, 0.3) is 0 Å². The highest BCUT2D eigenvalue weighted by Gasteiger charge is 2.25. The molecular weight excluding hydrogens is 673 g/mol. The summed E-state index contributed by atoms with van der Waals surface area (Å²) in [5.74, 6) is 1.23. The first-order valence-corrected chi connectivity index (χ1v) is 17.1. The smallest absolute Gasteiger partial charge is 0.220 e. The molecule has 252 valence electrons. The van der Waals surface area contributed by atoms with E-state index in [0.717, 1.165) is 53.0 Å². The van der Waals surface area contributed by atoms with E-state index in [4.69, 9.17) is 49.3 Å². The van der Waals surface area contributed by atoms with E-state index in [1.807, 2.05) is 30.3 Å². The summed E-state index contributed by atoms with van der Waals surface area (Å²) in [4.78, 5) is 23.2. The van der Waals surface area contributed by atoms with Crippen LogP contribution in [0.4, 0.5) is 0 Å². The molecule has 2 aromatic carbocycles. The summed E-state index contributed by atoms with van der Waals surface area (Å²) >= 11 is 21.0. The summed E-state index contributed by atoms with van der Waals surface area (Å²) in [6.07, 6.45) is 3.50. The van der Waals surface area contributed by atoms with Gasteiger partial charge >= 0.3 is 0 Å². The summed E-state index contributed by atoms with van der Waals surface area (Å²) in [6.45, 7) is 5.01. The van der Waals surface area contributed by atoms with Crippen molar-refractivity contribution in [3.8, 4) is 45.3 Å². The predicted octanol–water partition coefficient (Wildman–Crippen LogP) is 6.56. The minimum absolute atomic E-state index is 0.0763. The van der Waals surface area contributed by atoms with Crippen LogP contribution in [0.1, 0.15) is 36.5 Å². The number of hydrogen-bond acceptors (Lipinski definition) is 8. The standard InChI is InChI=1S/C36H38Cl3N5O4/c1-20(45)18-44-12-10-21-13-22(14-31(47-2)28(21)19-44)35-34(39)25(9-11-41-35)24-5-4-6-26(33(24)38)30-15-29(37)27(36(43-30)48-3)17-40-16-23-7-8-32(46)42-23/h4-6,9,11,13-15,20,23,40,45H,7-8,10,12,16-19H2,1-3H3,(H,42,46)/t20?,23-/m1/s1. The Morgan fingerprint density at radius 3 is 2.58 bits per heavy atom. The van der Waals surface area contributed by atoms with Gasteiger partial charge in [0.1, 0.15) is 5.75 Å². The number of benzene rings is 2. The second kappa shape index (κ2) is 15.0. The average molecular weight is 711 g/mol. The Balaban J connectivity index is 1.29. The largest absolute Gasteiger partial charge is 0.496 e. The minimum atomic E-state index is -0.400.